The summed E-state index contributed by atoms with van der Waals surface area (Å²) in [5.74, 6) is -1.40. The molecule has 0 bridgehead atoms. The predicted molar refractivity (Wildman–Crippen MR) is 217 cm³/mol. The minimum atomic E-state index is -0.703. The van der Waals surface area contributed by atoms with Crippen molar-refractivity contribution in [3.8, 4) is 0 Å². The Kier molecular flexibility index (Phi) is 10.9. The number of nitrogens with two attached hydrogens (primary N) is 1. The van der Waals surface area contributed by atoms with Crippen molar-refractivity contribution in [1.29, 1.82) is 0 Å². The third-order valence-corrected chi connectivity index (χ3v) is 10.2. The molecule has 0 aliphatic carbocycles. The van der Waals surface area contributed by atoms with Crippen molar-refractivity contribution in [2.75, 3.05) is 57.0 Å². The number of carbonyl (C=O) groups excluding carboxylic acids is 3. The van der Waals surface area contributed by atoms with Crippen LogP contribution in [0.25, 0.3) is 11.1 Å². The van der Waals surface area contributed by atoms with Crippen LogP contribution in [0, 0.1) is 0 Å². The maximum Gasteiger partial charge on any atom is 0.257 e. The molecule has 5 aromatic carbocycles. The minimum Gasteiger partial charge on any atom is -0.369 e. The van der Waals surface area contributed by atoms with E-state index in [9.17, 15) is 14.4 Å². The summed E-state index contributed by atoms with van der Waals surface area (Å²) in [5, 5.41) is 3.06. The van der Waals surface area contributed by atoms with Gasteiger partial charge < -0.3 is 25.8 Å². The molecule has 0 radical (unpaired) electrons. The number of amides is 3. The molecule has 0 spiro atoms. The number of nitrogens with one attached hydrogen (secondary N) is 1. The second-order valence-corrected chi connectivity index (χ2v) is 13.8. The number of likely N-dealkylation sites (N-methyl/N-ethyl adjacent to an activating group) is 1. The first-order chi connectivity index (χ1) is 26.3. The molecule has 7 rings (SSSR count). The Labute approximate surface area is 316 Å². The molecule has 1 saturated heterocycles. The second kappa shape index (κ2) is 16.2. The molecule has 272 valence electrons. The number of aliphatic imine (C=N–C) groups is 1. The van der Waals surface area contributed by atoms with Crippen LogP contribution in [0.1, 0.15) is 40.2 Å². The van der Waals surface area contributed by atoms with Gasteiger partial charge in [0.15, 0.2) is 0 Å². The van der Waals surface area contributed by atoms with Crippen LogP contribution in [-0.2, 0) is 14.4 Å². The molecule has 2 aliphatic rings. The molecule has 2 heterocycles. The summed E-state index contributed by atoms with van der Waals surface area (Å²) in [6, 6.07) is 42.1. The fourth-order valence-electron chi connectivity index (χ4n) is 7.16. The fourth-order valence-corrected chi connectivity index (χ4v) is 7.16. The van der Waals surface area contributed by atoms with Gasteiger partial charge in [0, 0.05) is 74.3 Å². The highest BCUT2D eigenvalue weighted by atomic mass is 16.2. The third-order valence-electron chi connectivity index (χ3n) is 10.2. The van der Waals surface area contributed by atoms with E-state index in [4.69, 9.17) is 10.7 Å². The van der Waals surface area contributed by atoms with E-state index in [1.54, 1.807) is 4.90 Å². The van der Waals surface area contributed by atoms with Crippen molar-refractivity contribution in [1.82, 2.24) is 9.80 Å². The number of nitrogens with zero attached hydrogens (tertiary/aromatic N) is 4. The van der Waals surface area contributed by atoms with Gasteiger partial charge in [-0.1, -0.05) is 97.1 Å². The van der Waals surface area contributed by atoms with Gasteiger partial charge in [-0.25, -0.2) is 4.99 Å². The van der Waals surface area contributed by atoms with E-state index in [0.29, 0.717) is 45.8 Å². The molecule has 1 fully saturated rings. The lowest BCUT2D eigenvalue weighted by Crippen LogP contribution is -2.45. The Morgan fingerprint density at radius 3 is 2.02 bits per heavy atom. The van der Waals surface area contributed by atoms with Crippen molar-refractivity contribution in [3.63, 3.8) is 0 Å². The zero-order valence-corrected chi connectivity index (χ0v) is 30.6. The Balaban J connectivity index is 1.29. The number of hydrogen-bond donors (Lipinski definition) is 2. The van der Waals surface area contributed by atoms with Gasteiger partial charge in [0.25, 0.3) is 5.91 Å². The van der Waals surface area contributed by atoms with Crippen LogP contribution in [0.5, 0.6) is 0 Å². The van der Waals surface area contributed by atoms with Crippen LogP contribution in [0.15, 0.2) is 138 Å². The predicted octanol–water partition coefficient (Wildman–Crippen LogP) is 6.59. The van der Waals surface area contributed by atoms with Crippen LogP contribution in [0.3, 0.4) is 0 Å². The molecule has 9 heteroatoms. The molecule has 1 atom stereocenters. The van der Waals surface area contributed by atoms with E-state index < -0.39 is 11.8 Å². The number of anilines is 2. The highest BCUT2D eigenvalue weighted by molar-refractivity contribution is 6.49. The first-order valence-corrected chi connectivity index (χ1v) is 18.3. The van der Waals surface area contributed by atoms with Crippen molar-refractivity contribution in [2.45, 2.75) is 12.3 Å². The van der Waals surface area contributed by atoms with Crippen molar-refractivity contribution in [2.24, 2.45) is 10.7 Å². The number of primary amides is 1. The number of rotatable bonds is 11. The number of allylic oxidation sites excluding steroid dienone is 1. The van der Waals surface area contributed by atoms with E-state index in [2.05, 4.69) is 22.2 Å². The molecule has 9 nitrogen and oxygen atoms in total. The van der Waals surface area contributed by atoms with Gasteiger partial charge in [-0.15, -0.1) is 0 Å². The molecule has 54 heavy (non-hydrogen) atoms. The van der Waals surface area contributed by atoms with Crippen LogP contribution < -0.4 is 16.0 Å². The molecule has 3 amide bonds. The maximum absolute atomic E-state index is 14.1. The van der Waals surface area contributed by atoms with Crippen molar-refractivity contribution < 1.29 is 14.4 Å². The lowest BCUT2D eigenvalue weighted by Gasteiger charge is -2.32. The zero-order chi connectivity index (χ0) is 37.6. The second-order valence-electron chi connectivity index (χ2n) is 13.8. The Morgan fingerprint density at radius 1 is 0.778 bits per heavy atom. The van der Waals surface area contributed by atoms with E-state index in [-0.39, 0.29) is 11.8 Å². The lowest BCUT2D eigenvalue weighted by molar-refractivity contribution is -0.119. The number of carbonyl (C=O) groups is 3. The molecule has 0 saturated carbocycles. The Morgan fingerprint density at radius 2 is 1.39 bits per heavy atom. The normalized spacial score (nSPS) is 16.3. The van der Waals surface area contributed by atoms with Gasteiger partial charge in [0.2, 0.25) is 11.8 Å². The summed E-state index contributed by atoms with van der Waals surface area (Å²) < 4.78 is 0. The molecule has 0 aromatic heterocycles. The van der Waals surface area contributed by atoms with E-state index in [0.717, 1.165) is 55.1 Å². The summed E-state index contributed by atoms with van der Waals surface area (Å²) in [5.41, 5.74) is 13.5. The van der Waals surface area contributed by atoms with Crippen molar-refractivity contribution >= 4 is 51.6 Å². The molecule has 3 N–H and O–H groups in total. The van der Waals surface area contributed by atoms with Gasteiger partial charge in [0.05, 0.1) is 22.9 Å². The molecule has 2 aliphatic heterocycles. The number of hydrogen-bond acceptors (Lipinski definition) is 6. The fraction of sp³-hybridized carbons (Fsp3) is 0.200. The van der Waals surface area contributed by atoms with Gasteiger partial charge in [-0.05, 0) is 60.1 Å². The smallest absolute Gasteiger partial charge is 0.257 e. The average molecular weight is 717 g/mol. The largest absolute Gasteiger partial charge is 0.369 e. The molecular formula is C45H44N6O3. The highest BCUT2D eigenvalue weighted by Gasteiger charge is 2.32. The third kappa shape index (κ3) is 7.93. The van der Waals surface area contributed by atoms with Gasteiger partial charge in [-0.2, -0.15) is 0 Å². The first kappa shape index (κ1) is 36.2. The standard InChI is InChI=1S/C45H44N6O3/c1-49-26-28-51(29-27-49)25-24-39(52)50(2)36-21-19-35(20-22-36)47-43(33-16-10-5-11-17-33)41(32-14-8-4-9-15-32)42-37-30-34(18-23-38(37)48-45(42)54)40(44(46)53)31-12-6-3-7-13-31/h3-23,30,40H,24-29H2,1-2H3,(H2,46,53)(H,48,54). The van der Waals surface area contributed by atoms with Crippen molar-refractivity contribution in [3.05, 3.63) is 161 Å². The SMILES string of the molecule is CN1CCN(CCC(=O)N(C)c2ccc(N=C(C(=C3C(=O)Nc4ccc(C(C(N)=O)c5ccccc5)cc43)c3ccccc3)c3ccccc3)cc2)CC1. The monoisotopic (exact) mass is 716 g/mol. The minimum absolute atomic E-state index is 0.0578. The Hall–Kier alpha value is -6.16. The number of benzene rings is 5. The van der Waals surface area contributed by atoms with Crippen LogP contribution in [0.2, 0.25) is 0 Å². The van der Waals surface area contributed by atoms with Crippen LogP contribution in [-0.4, -0.2) is 80.1 Å². The van der Waals surface area contributed by atoms with E-state index >= 15 is 0 Å². The molecule has 1 unspecified atom stereocenters. The quantitative estimate of drug-likeness (QED) is 0.118. The first-order valence-electron chi connectivity index (χ1n) is 18.3. The maximum atomic E-state index is 14.1. The lowest BCUT2D eigenvalue weighted by atomic mass is 9.85. The van der Waals surface area contributed by atoms with E-state index in [1.807, 2.05) is 141 Å². The summed E-state index contributed by atoms with van der Waals surface area (Å²) in [6.45, 7) is 4.72. The summed E-state index contributed by atoms with van der Waals surface area (Å²) >= 11 is 0. The summed E-state index contributed by atoms with van der Waals surface area (Å²) in [4.78, 5) is 51.8. The molecule has 5 aromatic rings. The van der Waals surface area contributed by atoms with Gasteiger partial charge >= 0.3 is 0 Å². The zero-order valence-electron chi connectivity index (χ0n) is 30.6. The van der Waals surface area contributed by atoms with Crippen LogP contribution >= 0.6 is 0 Å². The average Bonchev–Trinajstić information content (AvgIpc) is 3.52. The number of fused-ring (bicyclic) bond motifs is 1. The number of piperazine rings is 1. The summed E-state index contributed by atoms with van der Waals surface area (Å²) in [6.07, 6.45) is 0.447. The Bertz CT molecular complexity index is 2190. The van der Waals surface area contributed by atoms with E-state index in [1.165, 1.54) is 0 Å². The molecular weight excluding hydrogens is 673 g/mol. The van der Waals surface area contributed by atoms with Gasteiger partial charge in [-0.3, -0.25) is 14.4 Å². The van der Waals surface area contributed by atoms with Gasteiger partial charge in [0.1, 0.15) is 0 Å². The van der Waals surface area contributed by atoms with Crippen LogP contribution in [0.4, 0.5) is 17.1 Å². The summed E-state index contributed by atoms with van der Waals surface area (Å²) in [7, 11) is 3.93. The highest BCUT2D eigenvalue weighted by Crippen LogP contribution is 2.41. The topological polar surface area (TPSA) is 111 Å².